The average molecular weight is 226 g/mol. The number of rotatable bonds is 1. The second kappa shape index (κ2) is 6.14. The van der Waals surface area contributed by atoms with Gasteiger partial charge in [0.05, 0.1) is 0 Å². The Labute approximate surface area is 98.7 Å². The first-order valence-corrected chi connectivity index (χ1v) is 5.64. The molecule has 0 radical (unpaired) electrons. The lowest BCUT2D eigenvalue weighted by molar-refractivity contribution is 0.502. The van der Waals surface area contributed by atoms with Gasteiger partial charge in [0, 0.05) is 6.04 Å². The van der Waals surface area contributed by atoms with E-state index in [2.05, 4.69) is 42.6 Å². The summed E-state index contributed by atoms with van der Waals surface area (Å²) in [6, 6.07) is 11.4. The molecule has 84 valence electrons. The van der Waals surface area contributed by atoms with Gasteiger partial charge >= 0.3 is 0 Å². The summed E-state index contributed by atoms with van der Waals surface area (Å²) in [5.41, 5.74) is 1.45. The van der Waals surface area contributed by atoms with Crippen molar-refractivity contribution >= 4 is 12.4 Å². The summed E-state index contributed by atoms with van der Waals surface area (Å²) in [4.78, 5) is 0. The highest BCUT2D eigenvalue weighted by Gasteiger charge is 2.16. The maximum absolute atomic E-state index is 3.63. The van der Waals surface area contributed by atoms with Crippen LogP contribution in [0.2, 0.25) is 0 Å². The van der Waals surface area contributed by atoms with E-state index in [1.807, 2.05) is 0 Å². The van der Waals surface area contributed by atoms with Crippen LogP contribution in [0.3, 0.4) is 0 Å². The SMILES string of the molecule is CC1CCNC(c2ccccc2)CC1.Cl. The van der Waals surface area contributed by atoms with Crippen molar-refractivity contribution in [2.24, 2.45) is 5.92 Å². The molecule has 2 heteroatoms. The van der Waals surface area contributed by atoms with Crippen LogP contribution < -0.4 is 5.32 Å². The Kier molecular flexibility index (Phi) is 5.13. The molecule has 0 spiro atoms. The van der Waals surface area contributed by atoms with Crippen molar-refractivity contribution in [1.82, 2.24) is 5.32 Å². The van der Waals surface area contributed by atoms with Gasteiger partial charge in [-0.15, -0.1) is 12.4 Å². The van der Waals surface area contributed by atoms with Gasteiger partial charge in [0.25, 0.3) is 0 Å². The van der Waals surface area contributed by atoms with Crippen molar-refractivity contribution in [2.45, 2.75) is 32.2 Å². The van der Waals surface area contributed by atoms with E-state index in [0.717, 1.165) is 5.92 Å². The van der Waals surface area contributed by atoms with Gasteiger partial charge in [0.2, 0.25) is 0 Å². The Bertz CT molecular complexity index is 273. The number of nitrogens with one attached hydrogen (secondary N) is 1. The summed E-state index contributed by atoms with van der Waals surface area (Å²) < 4.78 is 0. The van der Waals surface area contributed by atoms with Gasteiger partial charge in [-0.25, -0.2) is 0 Å². The lowest BCUT2D eigenvalue weighted by Gasteiger charge is -2.15. The van der Waals surface area contributed by atoms with Crippen molar-refractivity contribution in [1.29, 1.82) is 0 Å². The minimum absolute atomic E-state index is 0. The normalized spacial score (nSPS) is 26.5. The molecule has 1 N–H and O–H groups in total. The van der Waals surface area contributed by atoms with Crippen LogP contribution >= 0.6 is 12.4 Å². The predicted molar refractivity (Wildman–Crippen MR) is 67.4 cm³/mol. The summed E-state index contributed by atoms with van der Waals surface area (Å²) in [7, 11) is 0. The van der Waals surface area contributed by atoms with Gasteiger partial charge < -0.3 is 5.32 Å². The summed E-state index contributed by atoms with van der Waals surface area (Å²) in [6.07, 6.45) is 3.96. The summed E-state index contributed by atoms with van der Waals surface area (Å²) in [5, 5.41) is 3.63. The molecule has 1 aromatic carbocycles. The minimum Gasteiger partial charge on any atom is -0.310 e. The van der Waals surface area contributed by atoms with E-state index < -0.39 is 0 Å². The summed E-state index contributed by atoms with van der Waals surface area (Å²) >= 11 is 0. The molecule has 0 aromatic heterocycles. The molecule has 1 nitrogen and oxygen atoms in total. The van der Waals surface area contributed by atoms with Gasteiger partial charge in [-0.3, -0.25) is 0 Å². The van der Waals surface area contributed by atoms with Gasteiger partial charge in [0.1, 0.15) is 0 Å². The first kappa shape index (κ1) is 12.5. The second-order valence-electron chi connectivity index (χ2n) is 4.39. The van der Waals surface area contributed by atoms with Crippen LogP contribution in [0, 0.1) is 5.92 Å². The molecule has 15 heavy (non-hydrogen) atoms. The Morgan fingerprint density at radius 3 is 2.53 bits per heavy atom. The monoisotopic (exact) mass is 225 g/mol. The smallest absolute Gasteiger partial charge is 0.0320 e. The lowest BCUT2D eigenvalue weighted by atomic mass is 9.98. The number of halogens is 1. The molecule has 1 aromatic rings. The predicted octanol–water partition coefficient (Wildman–Crippen LogP) is 3.56. The molecule has 1 heterocycles. The molecule has 1 fully saturated rings. The third-order valence-electron chi connectivity index (χ3n) is 3.18. The first-order chi connectivity index (χ1) is 6.86. The van der Waals surface area contributed by atoms with Crippen molar-refractivity contribution in [3.63, 3.8) is 0 Å². The Hall–Kier alpha value is -0.530. The molecular formula is C13H20ClN. The van der Waals surface area contributed by atoms with E-state index in [0.29, 0.717) is 6.04 Å². The number of benzene rings is 1. The van der Waals surface area contributed by atoms with Gasteiger partial charge in [0.15, 0.2) is 0 Å². The molecule has 0 bridgehead atoms. The highest BCUT2D eigenvalue weighted by molar-refractivity contribution is 5.85. The molecule has 2 unspecified atom stereocenters. The largest absolute Gasteiger partial charge is 0.310 e. The first-order valence-electron chi connectivity index (χ1n) is 5.64. The molecule has 2 rings (SSSR count). The van der Waals surface area contributed by atoms with Crippen molar-refractivity contribution in [3.05, 3.63) is 35.9 Å². The van der Waals surface area contributed by atoms with Crippen LogP contribution in [0.1, 0.15) is 37.8 Å². The molecule has 1 aliphatic heterocycles. The lowest BCUT2D eigenvalue weighted by Crippen LogP contribution is -2.20. The van der Waals surface area contributed by atoms with Gasteiger partial charge in [-0.1, -0.05) is 37.3 Å². The molecule has 2 atom stereocenters. The maximum Gasteiger partial charge on any atom is 0.0320 e. The fourth-order valence-electron chi connectivity index (χ4n) is 2.17. The van der Waals surface area contributed by atoms with Crippen LogP contribution in [-0.4, -0.2) is 6.54 Å². The Balaban J connectivity index is 0.00000112. The molecule has 0 aliphatic carbocycles. The maximum atomic E-state index is 3.63. The highest BCUT2D eigenvalue weighted by Crippen LogP contribution is 2.24. The van der Waals surface area contributed by atoms with E-state index >= 15 is 0 Å². The molecular weight excluding hydrogens is 206 g/mol. The number of hydrogen-bond acceptors (Lipinski definition) is 1. The molecule has 0 saturated carbocycles. The van der Waals surface area contributed by atoms with Crippen LogP contribution in [0.25, 0.3) is 0 Å². The average Bonchev–Trinajstić information content (AvgIpc) is 2.44. The van der Waals surface area contributed by atoms with Gasteiger partial charge in [-0.05, 0) is 37.3 Å². The standard InChI is InChI=1S/C13H19N.ClH/c1-11-7-8-13(14-10-9-11)12-5-3-2-4-6-12;/h2-6,11,13-14H,7-10H2,1H3;1H. The summed E-state index contributed by atoms with van der Waals surface area (Å²) in [5.74, 6) is 0.885. The third-order valence-corrected chi connectivity index (χ3v) is 3.18. The van der Waals surface area contributed by atoms with E-state index in [1.54, 1.807) is 0 Å². The Morgan fingerprint density at radius 1 is 1.07 bits per heavy atom. The zero-order valence-corrected chi connectivity index (χ0v) is 10.1. The van der Waals surface area contributed by atoms with E-state index in [9.17, 15) is 0 Å². The van der Waals surface area contributed by atoms with Crippen LogP contribution in [-0.2, 0) is 0 Å². The molecule has 0 amide bonds. The number of hydrogen-bond donors (Lipinski definition) is 1. The zero-order valence-electron chi connectivity index (χ0n) is 9.28. The second-order valence-corrected chi connectivity index (χ2v) is 4.39. The summed E-state index contributed by atoms with van der Waals surface area (Å²) in [6.45, 7) is 3.52. The van der Waals surface area contributed by atoms with E-state index in [-0.39, 0.29) is 12.4 Å². The minimum atomic E-state index is 0. The van der Waals surface area contributed by atoms with Crippen LogP contribution in [0.4, 0.5) is 0 Å². The molecule has 1 aliphatic rings. The van der Waals surface area contributed by atoms with Crippen molar-refractivity contribution in [2.75, 3.05) is 6.54 Å². The van der Waals surface area contributed by atoms with Crippen LogP contribution in [0.15, 0.2) is 30.3 Å². The topological polar surface area (TPSA) is 12.0 Å². The zero-order chi connectivity index (χ0) is 9.80. The van der Waals surface area contributed by atoms with Crippen molar-refractivity contribution < 1.29 is 0 Å². The fraction of sp³-hybridized carbons (Fsp3) is 0.538. The quantitative estimate of drug-likeness (QED) is 0.771. The highest BCUT2D eigenvalue weighted by atomic mass is 35.5. The third kappa shape index (κ3) is 3.51. The Morgan fingerprint density at radius 2 is 1.80 bits per heavy atom. The fourth-order valence-corrected chi connectivity index (χ4v) is 2.17. The van der Waals surface area contributed by atoms with Crippen LogP contribution in [0.5, 0.6) is 0 Å². The molecule has 1 saturated heterocycles. The van der Waals surface area contributed by atoms with E-state index in [1.165, 1.54) is 31.4 Å². The van der Waals surface area contributed by atoms with E-state index in [4.69, 9.17) is 0 Å². The van der Waals surface area contributed by atoms with Gasteiger partial charge in [-0.2, -0.15) is 0 Å². The van der Waals surface area contributed by atoms with Crippen molar-refractivity contribution in [3.8, 4) is 0 Å².